The van der Waals surface area contributed by atoms with E-state index in [-0.39, 0.29) is 36.1 Å². The molecule has 0 radical (unpaired) electrons. The van der Waals surface area contributed by atoms with Gasteiger partial charge in [0.05, 0.1) is 0 Å². The molecule has 0 amide bonds. The molecule has 0 aromatic heterocycles. The van der Waals surface area contributed by atoms with Crippen molar-refractivity contribution in [1.29, 1.82) is 0 Å². The van der Waals surface area contributed by atoms with E-state index >= 15 is 0 Å². The summed E-state index contributed by atoms with van der Waals surface area (Å²) in [6, 6.07) is -1.06. The van der Waals surface area contributed by atoms with Crippen molar-refractivity contribution in [3.05, 3.63) is 0 Å². The largest absolute Gasteiger partial charge is 0.481 e. The van der Waals surface area contributed by atoms with Crippen LogP contribution in [0.5, 0.6) is 0 Å². The maximum Gasteiger partial charge on any atom is 0.320 e. The topological polar surface area (TPSA) is 136 Å². The van der Waals surface area contributed by atoms with Crippen LogP contribution in [0.1, 0.15) is 12.8 Å². The van der Waals surface area contributed by atoms with Gasteiger partial charge in [-0.25, -0.2) is 0 Å². The predicted molar refractivity (Wildman–Crippen MR) is 37.5 cm³/mol. The summed E-state index contributed by atoms with van der Waals surface area (Å²) in [5, 5.41) is 16.3. The molecule has 7 N–H and O–H groups in total. The van der Waals surface area contributed by atoms with E-state index in [0.717, 1.165) is 0 Å². The molecule has 12 heavy (non-hydrogen) atoms. The Morgan fingerprint density at radius 3 is 2.00 bits per heavy atom. The van der Waals surface area contributed by atoms with Gasteiger partial charge in [-0.15, -0.1) is 0 Å². The average molecular weight is 220 g/mol. The molecule has 6 nitrogen and oxygen atoms in total. The Kier molecular flexibility index (Phi) is 12.3. The Morgan fingerprint density at radius 1 is 1.33 bits per heavy atom. The zero-order valence-electron chi connectivity index (χ0n) is 6.34. The number of carbonyl (C=O) groups is 2. The molecule has 0 aromatic carbocycles. The standard InChI is InChI=1S/C5H9NO4.Fe.H3N/c6-3(5(9)10)1-2-4(7)8;;/h3H,1-2,6H2,(H,7,8)(H,9,10);;1H3. The minimum absolute atomic E-state index is 0. The van der Waals surface area contributed by atoms with Gasteiger partial charge in [0.15, 0.2) is 0 Å². The molecule has 0 aromatic rings. The van der Waals surface area contributed by atoms with Crippen molar-refractivity contribution in [2.45, 2.75) is 18.9 Å². The van der Waals surface area contributed by atoms with Crippen molar-refractivity contribution in [2.75, 3.05) is 0 Å². The molecule has 7 heteroatoms. The second-order valence-corrected chi connectivity index (χ2v) is 1.88. The van der Waals surface area contributed by atoms with E-state index in [1.54, 1.807) is 0 Å². The second kappa shape index (κ2) is 8.48. The minimum atomic E-state index is -1.17. The Morgan fingerprint density at radius 2 is 1.75 bits per heavy atom. The Balaban J connectivity index is -0.000000405. The molecule has 0 aliphatic carbocycles. The molecule has 0 saturated heterocycles. The van der Waals surface area contributed by atoms with Gasteiger partial charge in [-0.05, 0) is 6.42 Å². The zero-order chi connectivity index (χ0) is 8.15. The number of hydrogen-bond acceptors (Lipinski definition) is 4. The monoisotopic (exact) mass is 220 g/mol. The molecule has 0 heterocycles. The number of rotatable bonds is 4. The van der Waals surface area contributed by atoms with Crippen LogP contribution in [0.25, 0.3) is 0 Å². The van der Waals surface area contributed by atoms with Crippen LogP contribution in [0.15, 0.2) is 0 Å². The maximum absolute atomic E-state index is 9.99. The number of hydrogen-bond donors (Lipinski definition) is 4. The molecule has 0 rings (SSSR count). The summed E-state index contributed by atoms with van der Waals surface area (Å²) in [6.07, 6.45) is -0.224. The Bertz CT molecular complexity index is 152. The van der Waals surface area contributed by atoms with Crippen LogP contribution in [0.2, 0.25) is 0 Å². The van der Waals surface area contributed by atoms with Gasteiger partial charge >= 0.3 is 11.9 Å². The van der Waals surface area contributed by atoms with E-state index in [9.17, 15) is 9.59 Å². The van der Waals surface area contributed by atoms with E-state index in [4.69, 9.17) is 15.9 Å². The van der Waals surface area contributed by atoms with Crippen molar-refractivity contribution in [3.63, 3.8) is 0 Å². The van der Waals surface area contributed by atoms with E-state index in [2.05, 4.69) is 0 Å². The molecule has 0 bridgehead atoms. The first-order chi connectivity index (χ1) is 4.54. The van der Waals surface area contributed by atoms with E-state index in [0.29, 0.717) is 0 Å². The van der Waals surface area contributed by atoms with Gasteiger partial charge in [0.2, 0.25) is 0 Å². The van der Waals surface area contributed by atoms with E-state index < -0.39 is 18.0 Å². The van der Waals surface area contributed by atoms with Gasteiger partial charge in [0.25, 0.3) is 0 Å². The zero-order valence-corrected chi connectivity index (χ0v) is 7.44. The fourth-order valence-electron chi connectivity index (χ4n) is 0.402. The molecule has 0 spiro atoms. The van der Waals surface area contributed by atoms with Crippen molar-refractivity contribution < 1.29 is 36.9 Å². The van der Waals surface area contributed by atoms with Crippen LogP contribution >= 0.6 is 0 Å². The van der Waals surface area contributed by atoms with Crippen molar-refractivity contribution in [2.24, 2.45) is 5.73 Å². The molecular weight excluding hydrogens is 208 g/mol. The molecule has 0 saturated carbocycles. The van der Waals surface area contributed by atoms with Gasteiger partial charge in [-0.3, -0.25) is 9.59 Å². The van der Waals surface area contributed by atoms with Crippen LogP contribution in [-0.4, -0.2) is 28.2 Å². The van der Waals surface area contributed by atoms with E-state index in [1.807, 2.05) is 0 Å². The number of aliphatic carboxylic acids is 2. The normalized spacial score (nSPS) is 10.4. The average Bonchev–Trinajstić information content (AvgIpc) is 1.82. The van der Waals surface area contributed by atoms with Gasteiger partial charge in [-0.1, -0.05) is 0 Å². The first kappa shape index (κ1) is 17.5. The third-order valence-electron chi connectivity index (χ3n) is 0.986. The summed E-state index contributed by atoms with van der Waals surface area (Å²) in [5.41, 5.74) is 5.00. The fraction of sp³-hybridized carbons (Fsp3) is 0.600. The smallest absolute Gasteiger partial charge is 0.320 e. The van der Waals surface area contributed by atoms with Gasteiger partial charge in [-0.2, -0.15) is 0 Å². The summed E-state index contributed by atoms with van der Waals surface area (Å²) < 4.78 is 0. The van der Waals surface area contributed by atoms with Gasteiger partial charge in [0, 0.05) is 23.5 Å². The summed E-state index contributed by atoms with van der Waals surface area (Å²) in [5.74, 6) is -2.20. The van der Waals surface area contributed by atoms with Crippen molar-refractivity contribution >= 4 is 11.9 Å². The molecule has 0 aliphatic heterocycles. The predicted octanol–water partition coefficient (Wildman–Crippen LogP) is -0.577. The minimum Gasteiger partial charge on any atom is -0.481 e. The van der Waals surface area contributed by atoms with Crippen LogP contribution in [0, 0.1) is 0 Å². The number of carboxylic acids is 2. The van der Waals surface area contributed by atoms with Gasteiger partial charge < -0.3 is 22.1 Å². The fourth-order valence-corrected chi connectivity index (χ4v) is 0.402. The summed E-state index contributed by atoms with van der Waals surface area (Å²) in [7, 11) is 0. The quantitative estimate of drug-likeness (QED) is 0.468. The maximum atomic E-state index is 9.99. The first-order valence-electron chi connectivity index (χ1n) is 2.74. The third-order valence-corrected chi connectivity index (χ3v) is 0.986. The molecule has 0 fully saturated rings. The molecular formula is C5H12FeN2O4. The Hall–Kier alpha value is -0.621. The van der Waals surface area contributed by atoms with Crippen LogP contribution in [-0.2, 0) is 26.7 Å². The van der Waals surface area contributed by atoms with Crippen molar-refractivity contribution in [3.8, 4) is 0 Å². The van der Waals surface area contributed by atoms with Crippen LogP contribution < -0.4 is 11.9 Å². The molecule has 1 atom stereocenters. The Labute approximate surface area is 80.2 Å². The van der Waals surface area contributed by atoms with E-state index in [1.165, 1.54) is 0 Å². The second-order valence-electron chi connectivity index (χ2n) is 1.88. The molecule has 0 aliphatic rings. The van der Waals surface area contributed by atoms with Crippen LogP contribution in [0.3, 0.4) is 0 Å². The SMILES string of the molecule is N.NC(CCC(=O)O)C(=O)O.[Fe]. The van der Waals surface area contributed by atoms with Gasteiger partial charge in [0.1, 0.15) is 6.04 Å². The number of nitrogens with two attached hydrogens (primary N) is 1. The third kappa shape index (κ3) is 9.38. The first-order valence-corrected chi connectivity index (χ1v) is 2.74. The summed E-state index contributed by atoms with van der Waals surface area (Å²) >= 11 is 0. The number of carboxylic acid groups (broad SMARTS) is 2. The molecule has 1 unspecified atom stereocenters. The summed E-state index contributed by atoms with van der Waals surface area (Å²) in [6.45, 7) is 0. The summed E-state index contributed by atoms with van der Waals surface area (Å²) in [4.78, 5) is 19.9. The molecule has 74 valence electrons. The van der Waals surface area contributed by atoms with Crippen molar-refractivity contribution in [1.82, 2.24) is 6.15 Å². The van der Waals surface area contributed by atoms with Crippen LogP contribution in [0.4, 0.5) is 0 Å².